The van der Waals surface area contributed by atoms with Gasteiger partial charge in [-0.2, -0.15) is 0 Å². The minimum Gasteiger partial charge on any atom is -0.325 e. The summed E-state index contributed by atoms with van der Waals surface area (Å²) in [5.74, 6) is -0.222. The smallest absolute Gasteiger partial charge is 0.145 e. The maximum absolute atomic E-state index is 13.6. The first-order chi connectivity index (χ1) is 8.22. The van der Waals surface area contributed by atoms with E-state index in [9.17, 15) is 4.39 Å². The third kappa shape index (κ3) is 1.34. The molecule has 0 bridgehead atoms. The Hall–Kier alpha value is -1.94. The zero-order valence-corrected chi connectivity index (χ0v) is 9.44. The molecular formula is C13H12FN3. The summed E-state index contributed by atoms with van der Waals surface area (Å²) in [5, 5.41) is 1.41. The molecular weight excluding hydrogens is 217 g/mol. The molecule has 0 radical (unpaired) electrons. The van der Waals surface area contributed by atoms with E-state index >= 15 is 0 Å². The van der Waals surface area contributed by atoms with Gasteiger partial charge in [0.05, 0.1) is 11.4 Å². The van der Waals surface area contributed by atoms with Crippen LogP contribution in [0.2, 0.25) is 0 Å². The average molecular weight is 229 g/mol. The van der Waals surface area contributed by atoms with Crippen LogP contribution < -0.4 is 5.73 Å². The molecule has 0 fully saturated rings. The van der Waals surface area contributed by atoms with Gasteiger partial charge in [0.2, 0.25) is 0 Å². The van der Waals surface area contributed by atoms with Crippen LogP contribution in [0.3, 0.4) is 0 Å². The SMILES string of the molecule is Cc1nc2c3cccc(F)c3ccn2c1CN. The minimum atomic E-state index is -0.222. The van der Waals surface area contributed by atoms with Gasteiger partial charge >= 0.3 is 0 Å². The molecule has 2 heterocycles. The van der Waals surface area contributed by atoms with Crippen molar-refractivity contribution in [2.45, 2.75) is 13.5 Å². The number of aryl methyl sites for hydroxylation is 1. The predicted octanol–water partition coefficient (Wildman–Crippen LogP) is 2.39. The molecule has 0 amide bonds. The van der Waals surface area contributed by atoms with Gasteiger partial charge in [-0.1, -0.05) is 12.1 Å². The van der Waals surface area contributed by atoms with Crippen LogP contribution in [-0.2, 0) is 6.54 Å². The second-order valence-corrected chi connectivity index (χ2v) is 4.06. The third-order valence-electron chi connectivity index (χ3n) is 3.09. The van der Waals surface area contributed by atoms with Crippen LogP contribution in [0.15, 0.2) is 30.5 Å². The van der Waals surface area contributed by atoms with Crippen LogP contribution >= 0.6 is 0 Å². The molecule has 86 valence electrons. The molecule has 0 saturated carbocycles. The summed E-state index contributed by atoms with van der Waals surface area (Å²) in [5.41, 5.74) is 8.32. The Bertz CT molecular complexity index is 715. The molecule has 1 aromatic carbocycles. The molecule has 3 nitrogen and oxygen atoms in total. The molecule has 0 atom stereocenters. The Labute approximate surface area is 97.7 Å². The third-order valence-corrected chi connectivity index (χ3v) is 3.09. The van der Waals surface area contributed by atoms with Gasteiger partial charge in [-0.05, 0) is 19.1 Å². The fourth-order valence-corrected chi connectivity index (χ4v) is 2.23. The van der Waals surface area contributed by atoms with E-state index in [0.717, 1.165) is 22.4 Å². The standard InChI is InChI=1S/C13H12FN3/c1-8-12(7-15)17-6-5-9-10(13(17)16-8)3-2-4-11(9)14/h2-6H,7,15H2,1H3. The topological polar surface area (TPSA) is 43.3 Å². The molecule has 0 unspecified atom stereocenters. The Kier molecular flexibility index (Phi) is 2.12. The number of nitrogens with zero attached hydrogens (tertiary/aromatic N) is 2. The van der Waals surface area contributed by atoms with E-state index < -0.39 is 0 Å². The van der Waals surface area contributed by atoms with Gasteiger partial charge in [-0.15, -0.1) is 0 Å². The van der Waals surface area contributed by atoms with Crippen LogP contribution in [0.5, 0.6) is 0 Å². The Morgan fingerprint density at radius 1 is 1.29 bits per heavy atom. The zero-order valence-electron chi connectivity index (χ0n) is 9.44. The molecule has 0 spiro atoms. The summed E-state index contributed by atoms with van der Waals surface area (Å²) in [6, 6.07) is 6.79. The van der Waals surface area contributed by atoms with Gasteiger partial charge in [-0.3, -0.25) is 0 Å². The first kappa shape index (κ1) is 10.2. The van der Waals surface area contributed by atoms with Gasteiger partial charge in [0.25, 0.3) is 0 Å². The minimum absolute atomic E-state index is 0.222. The molecule has 17 heavy (non-hydrogen) atoms. The van der Waals surface area contributed by atoms with Gasteiger partial charge in [0, 0.05) is 23.5 Å². The predicted molar refractivity (Wildman–Crippen MR) is 65.3 cm³/mol. The molecule has 0 saturated heterocycles. The summed E-state index contributed by atoms with van der Waals surface area (Å²) in [6.07, 6.45) is 1.82. The Balaban J connectivity index is 2.53. The molecule has 3 aromatic rings. The van der Waals surface area contributed by atoms with Crippen molar-refractivity contribution in [3.05, 3.63) is 47.7 Å². The monoisotopic (exact) mass is 229 g/mol. The van der Waals surface area contributed by atoms with Crippen molar-refractivity contribution in [1.82, 2.24) is 9.38 Å². The summed E-state index contributed by atoms with van der Waals surface area (Å²) in [7, 11) is 0. The van der Waals surface area contributed by atoms with Gasteiger partial charge in [0.1, 0.15) is 11.5 Å². The zero-order chi connectivity index (χ0) is 12.0. The van der Waals surface area contributed by atoms with Crippen LogP contribution in [0.25, 0.3) is 16.4 Å². The van der Waals surface area contributed by atoms with Crippen molar-refractivity contribution >= 4 is 16.4 Å². The van der Waals surface area contributed by atoms with E-state index in [1.807, 2.05) is 23.6 Å². The lowest BCUT2D eigenvalue weighted by molar-refractivity contribution is 0.640. The Morgan fingerprint density at radius 3 is 2.88 bits per heavy atom. The molecule has 0 aliphatic carbocycles. The lowest BCUT2D eigenvalue weighted by Crippen LogP contribution is -2.02. The highest BCUT2D eigenvalue weighted by Crippen LogP contribution is 2.23. The number of imidazole rings is 1. The highest BCUT2D eigenvalue weighted by atomic mass is 19.1. The van der Waals surface area contributed by atoms with E-state index in [0.29, 0.717) is 11.9 Å². The van der Waals surface area contributed by atoms with Crippen molar-refractivity contribution in [3.63, 3.8) is 0 Å². The number of pyridine rings is 1. The molecule has 0 aliphatic heterocycles. The largest absolute Gasteiger partial charge is 0.325 e. The van der Waals surface area contributed by atoms with E-state index in [1.54, 1.807) is 12.1 Å². The maximum Gasteiger partial charge on any atom is 0.145 e. The number of fused-ring (bicyclic) bond motifs is 3. The fraction of sp³-hybridized carbons (Fsp3) is 0.154. The van der Waals surface area contributed by atoms with Crippen molar-refractivity contribution in [2.75, 3.05) is 0 Å². The summed E-state index contributed by atoms with van der Waals surface area (Å²) in [4.78, 5) is 4.47. The van der Waals surface area contributed by atoms with Crippen LogP contribution in [-0.4, -0.2) is 9.38 Å². The number of rotatable bonds is 1. The van der Waals surface area contributed by atoms with Gasteiger partial charge < -0.3 is 10.1 Å². The normalized spacial score (nSPS) is 11.5. The Morgan fingerprint density at radius 2 is 2.12 bits per heavy atom. The van der Waals surface area contributed by atoms with Crippen molar-refractivity contribution < 1.29 is 4.39 Å². The average Bonchev–Trinajstić information content (AvgIpc) is 2.65. The number of aromatic nitrogens is 2. The lowest BCUT2D eigenvalue weighted by atomic mass is 10.1. The quantitative estimate of drug-likeness (QED) is 0.696. The van der Waals surface area contributed by atoms with Gasteiger partial charge in [0.15, 0.2) is 0 Å². The number of hydrogen-bond donors (Lipinski definition) is 1. The molecule has 3 rings (SSSR count). The van der Waals surface area contributed by atoms with E-state index in [-0.39, 0.29) is 5.82 Å². The summed E-state index contributed by atoms with van der Waals surface area (Å²) in [6.45, 7) is 2.34. The number of hydrogen-bond acceptors (Lipinski definition) is 2. The second-order valence-electron chi connectivity index (χ2n) is 4.06. The molecule has 2 N–H and O–H groups in total. The van der Waals surface area contributed by atoms with E-state index in [1.165, 1.54) is 6.07 Å². The highest BCUT2D eigenvalue weighted by Gasteiger charge is 2.11. The second kappa shape index (κ2) is 3.53. The first-order valence-corrected chi connectivity index (χ1v) is 5.47. The van der Waals surface area contributed by atoms with Crippen LogP contribution in [0.4, 0.5) is 4.39 Å². The number of halogens is 1. The van der Waals surface area contributed by atoms with Crippen molar-refractivity contribution in [2.24, 2.45) is 5.73 Å². The fourth-order valence-electron chi connectivity index (χ4n) is 2.23. The number of benzene rings is 1. The van der Waals surface area contributed by atoms with Crippen molar-refractivity contribution in [3.8, 4) is 0 Å². The molecule has 2 aromatic heterocycles. The highest BCUT2D eigenvalue weighted by molar-refractivity contribution is 5.94. The van der Waals surface area contributed by atoms with Crippen molar-refractivity contribution in [1.29, 1.82) is 0 Å². The summed E-state index contributed by atoms with van der Waals surface area (Å²) < 4.78 is 15.6. The van der Waals surface area contributed by atoms with Crippen LogP contribution in [0.1, 0.15) is 11.4 Å². The van der Waals surface area contributed by atoms with Gasteiger partial charge in [-0.25, -0.2) is 9.37 Å². The molecule has 4 heteroatoms. The summed E-state index contributed by atoms with van der Waals surface area (Å²) >= 11 is 0. The number of nitrogens with two attached hydrogens (primary N) is 1. The molecule has 0 aliphatic rings. The first-order valence-electron chi connectivity index (χ1n) is 5.47. The lowest BCUT2D eigenvalue weighted by Gasteiger charge is -2.03. The maximum atomic E-state index is 13.6. The van der Waals surface area contributed by atoms with Crippen LogP contribution in [0, 0.1) is 12.7 Å². The van der Waals surface area contributed by atoms with E-state index in [2.05, 4.69) is 4.98 Å². The van der Waals surface area contributed by atoms with E-state index in [4.69, 9.17) is 5.73 Å².